The van der Waals surface area contributed by atoms with E-state index in [0.717, 1.165) is 50.4 Å². The van der Waals surface area contributed by atoms with E-state index < -0.39 is 0 Å². The Morgan fingerprint density at radius 1 is 1.35 bits per heavy atom. The Morgan fingerprint density at radius 3 is 2.70 bits per heavy atom. The molecule has 4 atom stereocenters. The molecule has 4 rings (SSSR count). The maximum atomic E-state index is 6.08. The van der Waals surface area contributed by atoms with Gasteiger partial charge in [-0.05, 0) is 47.8 Å². The van der Waals surface area contributed by atoms with Gasteiger partial charge >= 0.3 is 0 Å². The zero-order chi connectivity index (χ0) is 15.8. The fraction of sp³-hybridized carbons (Fsp3) is 0.706. The number of hydrogen-bond donors (Lipinski definition) is 1. The minimum Gasteiger partial charge on any atom is -0.374 e. The van der Waals surface area contributed by atoms with Gasteiger partial charge in [-0.1, -0.05) is 0 Å². The highest BCUT2D eigenvalue weighted by molar-refractivity contribution is 9.11. The van der Waals surface area contributed by atoms with Crippen LogP contribution < -0.4 is 5.32 Å². The fourth-order valence-electron chi connectivity index (χ4n) is 4.32. The van der Waals surface area contributed by atoms with Gasteiger partial charge in [-0.15, -0.1) is 11.3 Å². The highest BCUT2D eigenvalue weighted by Crippen LogP contribution is 2.47. The largest absolute Gasteiger partial charge is 0.374 e. The topological polar surface area (TPSA) is 36.9 Å². The van der Waals surface area contributed by atoms with Crippen LogP contribution in [0.2, 0.25) is 0 Å². The first-order valence-electron chi connectivity index (χ1n) is 8.67. The molecule has 0 spiro atoms. The molecule has 4 nitrogen and oxygen atoms in total. The molecule has 3 saturated heterocycles. The Kier molecular flexibility index (Phi) is 4.65. The van der Waals surface area contributed by atoms with Crippen molar-refractivity contribution in [1.29, 1.82) is 0 Å². The first-order chi connectivity index (χ1) is 11.2. The van der Waals surface area contributed by atoms with Crippen LogP contribution in [-0.4, -0.2) is 49.2 Å². The number of thiophene rings is 1. The summed E-state index contributed by atoms with van der Waals surface area (Å²) in [6.45, 7) is 6.16. The van der Waals surface area contributed by atoms with E-state index in [1.807, 2.05) is 0 Å². The van der Waals surface area contributed by atoms with E-state index in [1.54, 1.807) is 11.3 Å². The molecule has 126 valence electrons. The van der Waals surface area contributed by atoms with E-state index in [0.29, 0.717) is 12.2 Å². The summed E-state index contributed by atoms with van der Waals surface area (Å²) in [5, 5.41) is 3.48. The van der Waals surface area contributed by atoms with Crippen LogP contribution in [0.3, 0.4) is 0 Å². The normalized spacial score (nSPS) is 32.6. The average Bonchev–Trinajstić information content (AvgIpc) is 3.28. The molecule has 1 N–H and O–H groups in total. The van der Waals surface area contributed by atoms with Crippen molar-refractivity contribution in [1.82, 2.24) is 10.2 Å². The number of nitrogens with zero attached hydrogens (tertiary/aromatic N) is 2. The van der Waals surface area contributed by atoms with E-state index in [1.165, 1.54) is 21.5 Å². The number of guanidine groups is 1. The lowest BCUT2D eigenvalue weighted by Gasteiger charge is -2.23. The summed E-state index contributed by atoms with van der Waals surface area (Å²) in [4.78, 5) is 8.74. The first-order valence-corrected chi connectivity index (χ1v) is 10.3. The molecule has 1 aromatic rings. The van der Waals surface area contributed by atoms with Gasteiger partial charge < -0.3 is 15.0 Å². The van der Waals surface area contributed by atoms with E-state index in [9.17, 15) is 0 Å². The third kappa shape index (κ3) is 3.17. The third-order valence-electron chi connectivity index (χ3n) is 5.34. The van der Waals surface area contributed by atoms with Crippen molar-refractivity contribution < 1.29 is 4.74 Å². The summed E-state index contributed by atoms with van der Waals surface area (Å²) in [5.41, 5.74) is 0. The Bertz CT molecular complexity index is 572. The number of hydrogen-bond acceptors (Lipinski definition) is 3. The van der Waals surface area contributed by atoms with Crippen molar-refractivity contribution >= 4 is 33.2 Å². The highest BCUT2D eigenvalue weighted by Gasteiger charge is 2.53. The van der Waals surface area contributed by atoms with E-state index in [-0.39, 0.29) is 0 Å². The van der Waals surface area contributed by atoms with Crippen LogP contribution in [-0.2, 0) is 11.2 Å². The van der Waals surface area contributed by atoms with E-state index in [4.69, 9.17) is 9.73 Å². The number of fused-ring (bicyclic) bond motifs is 5. The molecule has 0 aromatic carbocycles. The molecule has 3 aliphatic heterocycles. The van der Waals surface area contributed by atoms with Crippen molar-refractivity contribution in [2.45, 2.75) is 38.4 Å². The van der Waals surface area contributed by atoms with Gasteiger partial charge in [-0.3, -0.25) is 4.99 Å². The number of likely N-dealkylation sites (tertiary alicyclic amines) is 1. The number of ether oxygens (including phenoxy) is 1. The lowest BCUT2D eigenvalue weighted by Crippen LogP contribution is -2.41. The van der Waals surface area contributed by atoms with Gasteiger partial charge in [-0.2, -0.15) is 0 Å². The predicted octanol–water partition coefficient (Wildman–Crippen LogP) is 3.13. The van der Waals surface area contributed by atoms with Crippen molar-refractivity contribution in [2.75, 3.05) is 26.2 Å². The molecule has 23 heavy (non-hydrogen) atoms. The average molecular weight is 398 g/mol. The van der Waals surface area contributed by atoms with Gasteiger partial charge in [0.2, 0.25) is 0 Å². The molecular formula is C17H24BrN3OS. The number of rotatable bonds is 4. The second-order valence-electron chi connectivity index (χ2n) is 6.71. The molecule has 1 aromatic heterocycles. The Balaban J connectivity index is 1.38. The lowest BCUT2D eigenvalue weighted by molar-refractivity contribution is 0.0767. The fourth-order valence-corrected chi connectivity index (χ4v) is 5.79. The number of halogens is 1. The smallest absolute Gasteiger partial charge is 0.193 e. The Hall–Kier alpha value is -0.590. The van der Waals surface area contributed by atoms with Gasteiger partial charge in [0.05, 0.1) is 16.0 Å². The summed E-state index contributed by atoms with van der Waals surface area (Å²) < 4.78 is 7.28. The zero-order valence-electron chi connectivity index (χ0n) is 13.5. The van der Waals surface area contributed by atoms with Crippen molar-refractivity contribution in [3.63, 3.8) is 0 Å². The number of aliphatic imine (C=N–C) groups is 1. The molecule has 0 saturated carbocycles. The van der Waals surface area contributed by atoms with Gasteiger partial charge in [0.15, 0.2) is 5.96 Å². The Labute approximate surface area is 150 Å². The molecule has 3 fully saturated rings. The summed E-state index contributed by atoms with van der Waals surface area (Å²) in [5.74, 6) is 2.55. The van der Waals surface area contributed by atoms with Crippen LogP contribution in [0.5, 0.6) is 0 Å². The molecule has 3 aliphatic rings. The van der Waals surface area contributed by atoms with Crippen molar-refractivity contribution in [3.05, 3.63) is 20.8 Å². The van der Waals surface area contributed by atoms with Crippen LogP contribution in [0.15, 0.2) is 20.9 Å². The molecule has 2 bridgehead atoms. The maximum Gasteiger partial charge on any atom is 0.193 e. The van der Waals surface area contributed by atoms with Gasteiger partial charge in [0, 0.05) is 49.3 Å². The van der Waals surface area contributed by atoms with Crippen LogP contribution in [0, 0.1) is 11.8 Å². The van der Waals surface area contributed by atoms with Crippen LogP contribution in [0.4, 0.5) is 0 Å². The predicted molar refractivity (Wildman–Crippen MR) is 98.1 cm³/mol. The van der Waals surface area contributed by atoms with Crippen LogP contribution in [0.25, 0.3) is 0 Å². The third-order valence-corrected chi connectivity index (χ3v) is 7.02. The van der Waals surface area contributed by atoms with E-state index in [2.05, 4.69) is 45.2 Å². The minimum absolute atomic E-state index is 0.515. The van der Waals surface area contributed by atoms with E-state index >= 15 is 0 Å². The molecule has 0 amide bonds. The quantitative estimate of drug-likeness (QED) is 0.626. The molecule has 0 radical (unpaired) electrons. The first kappa shape index (κ1) is 15.9. The van der Waals surface area contributed by atoms with Gasteiger partial charge in [0.25, 0.3) is 0 Å². The molecule has 4 heterocycles. The second kappa shape index (κ2) is 6.73. The zero-order valence-corrected chi connectivity index (χ0v) is 15.9. The van der Waals surface area contributed by atoms with Crippen LogP contribution >= 0.6 is 27.3 Å². The number of nitrogens with one attached hydrogen (secondary N) is 1. The molecular weight excluding hydrogens is 374 g/mol. The summed E-state index contributed by atoms with van der Waals surface area (Å²) in [6.07, 6.45) is 4.57. The van der Waals surface area contributed by atoms with Gasteiger partial charge in [0.1, 0.15) is 0 Å². The van der Waals surface area contributed by atoms with Crippen LogP contribution in [0.1, 0.15) is 24.6 Å². The van der Waals surface area contributed by atoms with Crippen molar-refractivity contribution in [3.8, 4) is 0 Å². The lowest BCUT2D eigenvalue weighted by atomic mass is 9.82. The van der Waals surface area contributed by atoms with Gasteiger partial charge in [-0.25, -0.2) is 0 Å². The summed E-state index contributed by atoms with van der Waals surface area (Å²) in [7, 11) is 0. The summed E-state index contributed by atoms with van der Waals surface area (Å²) in [6, 6.07) is 4.30. The SMILES string of the molecule is CCNC(=NCCc1ccc(Br)s1)N1CC2C3CCC(O3)C2C1. The maximum absolute atomic E-state index is 6.08. The monoisotopic (exact) mass is 397 g/mol. The molecule has 4 unspecified atom stereocenters. The molecule has 0 aliphatic carbocycles. The Morgan fingerprint density at radius 2 is 2.09 bits per heavy atom. The minimum atomic E-state index is 0.515. The van der Waals surface area contributed by atoms with Crippen molar-refractivity contribution in [2.24, 2.45) is 16.8 Å². The second-order valence-corrected chi connectivity index (χ2v) is 9.26. The molecule has 6 heteroatoms. The highest BCUT2D eigenvalue weighted by atomic mass is 79.9. The standard InChI is InChI=1S/C17H24BrN3OS/c1-2-19-17(20-8-7-11-3-6-16(18)23-11)21-9-12-13(10-21)15-5-4-14(12)22-15/h3,6,12-15H,2,4-5,7-10H2,1H3,(H,19,20). The summed E-state index contributed by atoms with van der Waals surface area (Å²) >= 11 is 5.33.